The fourth-order valence-electron chi connectivity index (χ4n) is 3.74. The molecule has 4 rings (SSSR count). The molecule has 3 N–H and O–H groups in total. The number of nitrogens with one attached hydrogen (secondary N) is 1. The molecular weight excluding hydrogens is 416 g/mol. The minimum Gasteiger partial charge on any atom is -0.495 e. The maximum atomic E-state index is 12.6. The van der Waals surface area contributed by atoms with Gasteiger partial charge in [-0.25, -0.2) is 13.6 Å². The number of carbonyl (C=O) groups is 2. The Kier molecular flexibility index (Phi) is 5.34. The van der Waals surface area contributed by atoms with E-state index >= 15 is 0 Å². The topological polar surface area (TPSA) is 116 Å². The lowest BCUT2D eigenvalue weighted by molar-refractivity contribution is 0.0993. The van der Waals surface area contributed by atoms with Crippen molar-refractivity contribution in [2.45, 2.75) is 17.7 Å². The van der Waals surface area contributed by atoms with E-state index in [9.17, 15) is 18.0 Å². The summed E-state index contributed by atoms with van der Waals surface area (Å²) >= 11 is 0. The first-order valence-corrected chi connectivity index (χ1v) is 11.1. The van der Waals surface area contributed by atoms with Gasteiger partial charge in [-0.15, -0.1) is 0 Å². The molecule has 31 heavy (non-hydrogen) atoms. The number of ether oxygens (including phenoxy) is 1. The average molecular weight is 436 g/mol. The van der Waals surface area contributed by atoms with Crippen molar-refractivity contribution in [3.8, 4) is 16.9 Å². The molecule has 0 aliphatic heterocycles. The molecule has 0 atom stereocenters. The summed E-state index contributed by atoms with van der Waals surface area (Å²) in [5.41, 5.74) is 4.34. The van der Waals surface area contributed by atoms with Crippen molar-refractivity contribution >= 4 is 27.4 Å². The van der Waals surface area contributed by atoms with Crippen LogP contribution in [0.4, 0.5) is 5.69 Å². The van der Waals surface area contributed by atoms with Gasteiger partial charge in [0.25, 0.3) is 5.91 Å². The first-order chi connectivity index (χ1) is 14.8. The van der Waals surface area contributed by atoms with Crippen molar-refractivity contribution in [2.24, 2.45) is 5.14 Å². The Balaban J connectivity index is 1.57. The molecule has 7 nitrogen and oxygen atoms in total. The summed E-state index contributed by atoms with van der Waals surface area (Å²) < 4.78 is 28.3. The van der Waals surface area contributed by atoms with Crippen LogP contribution in [0, 0.1) is 0 Å². The average Bonchev–Trinajstić information content (AvgIpc) is 3.14. The van der Waals surface area contributed by atoms with Crippen molar-refractivity contribution in [3.63, 3.8) is 0 Å². The van der Waals surface area contributed by atoms with Gasteiger partial charge in [-0.1, -0.05) is 30.3 Å². The SMILES string of the molecule is COc1cc(NC(=O)c2ccc(-c3cccc4c3C(=O)CC4)cc2)ccc1S(N)(=O)=O. The summed E-state index contributed by atoms with van der Waals surface area (Å²) in [7, 11) is -2.63. The summed E-state index contributed by atoms with van der Waals surface area (Å²) in [6.45, 7) is 0. The Morgan fingerprint density at radius 3 is 2.45 bits per heavy atom. The number of fused-ring (bicyclic) bond motifs is 1. The third-order valence-electron chi connectivity index (χ3n) is 5.24. The number of amides is 1. The van der Waals surface area contributed by atoms with Gasteiger partial charge in [-0.3, -0.25) is 9.59 Å². The number of sulfonamides is 1. The molecule has 158 valence electrons. The number of hydrogen-bond acceptors (Lipinski definition) is 5. The summed E-state index contributed by atoms with van der Waals surface area (Å²) in [5.74, 6) is -0.186. The van der Waals surface area contributed by atoms with Crippen molar-refractivity contribution in [1.29, 1.82) is 0 Å². The lowest BCUT2D eigenvalue weighted by Crippen LogP contribution is -2.15. The fraction of sp³-hybridized carbons (Fsp3) is 0.130. The number of benzene rings is 3. The maximum absolute atomic E-state index is 12.6. The van der Waals surface area contributed by atoms with E-state index in [-0.39, 0.29) is 22.3 Å². The van der Waals surface area contributed by atoms with E-state index in [1.54, 1.807) is 24.3 Å². The lowest BCUT2D eigenvalue weighted by atomic mass is 9.96. The van der Waals surface area contributed by atoms with E-state index in [1.165, 1.54) is 25.3 Å². The number of primary sulfonamides is 1. The van der Waals surface area contributed by atoms with Crippen molar-refractivity contribution in [2.75, 3.05) is 12.4 Å². The zero-order chi connectivity index (χ0) is 22.2. The number of anilines is 1. The number of hydrogen-bond donors (Lipinski definition) is 2. The molecule has 0 aromatic heterocycles. The minimum absolute atomic E-state index is 0.0400. The van der Waals surface area contributed by atoms with E-state index in [0.717, 1.165) is 28.7 Å². The zero-order valence-electron chi connectivity index (χ0n) is 16.7. The number of carbonyl (C=O) groups excluding carboxylic acids is 2. The van der Waals surface area contributed by atoms with Crippen LogP contribution in [0.1, 0.15) is 32.7 Å². The van der Waals surface area contributed by atoms with Gasteiger partial charge in [0.15, 0.2) is 5.78 Å². The minimum atomic E-state index is -3.94. The number of Topliss-reactive ketones (excluding diaryl/α,β-unsaturated/α-hetero) is 1. The van der Waals surface area contributed by atoms with Crippen molar-refractivity contribution < 1.29 is 22.7 Å². The molecular formula is C23H20N2O5S. The molecule has 3 aromatic carbocycles. The first-order valence-electron chi connectivity index (χ1n) is 9.55. The van der Waals surface area contributed by atoms with Gasteiger partial charge in [0.1, 0.15) is 10.6 Å². The molecule has 0 heterocycles. The monoisotopic (exact) mass is 436 g/mol. The van der Waals surface area contributed by atoms with Crippen LogP contribution in [0.2, 0.25) is 0 Å². The normalized spacial score (nSPS) is 13.0. The van der Waals surface area contributed by atoms with Crippen LogP contribution in [0.5, 0.6) is 5.75 Å². The molecule has 0 saturated heterocycles. The second-order valence-electron chi connectivity index (χ2n) is 7.20. The van der Waals surface area contributed by atoms with Crippen LogP contribution in [0.15, 0.2) is 65.6 Å². The van der Waals surface area contributed by atoms with E-state index in [0.29, 0.717) is 17.7 Å². The lowest BCUT2D eigenvalue weighted by Gasteiger charge is -2.11. The third kappa shape index (κ3) is 4.08. The van der Waals surface area contributed by atoms with E-state index < -0.39 is 10.0 Å². The number of ketones is 1. The molecule has 0 unspecified atom stereocenters. The number of nitrogens with two attached hydrogens (primary N) is 1. The molecule has 1 amide bonds. The predicted molar refractivity (Wildman–Crippen MR) is 117 cm³/mol. The molecule has 0 saturated carbocycles. The second-order valence-corrected chi connectivity index (χ2v) is 8.73. The Hall–Kier alpha value is -3.49. The summed E-state index contributed by atoms with van der Waals surface area (Å²) in [6, 6.07) is 16.9. The Morgan fingerprint density at radius 1 is 1.03 bits per heavy atom. The quantitative estimate of drug-likeness (QED) is 0.636. The van der Waals surface area contributed by atoms with Crippen LogP contribution in [-0.4, -0.2) is 27.2 Å². The summed E-state index contributed by atoms with van der Waals surface area (Å²) in [5, 5.41) is 7.87. The molecule has 0 spiro atoms. The smallest absolute Gasteiger partial charge is 0.255 e. The van der Waals surface area contributed by atoms with E-state index in [2.05, 4.69) is 5.32 Å². The Labute approximate surface area is 179 Å². The van der Waals surface area contributed by atoms with Crippen LogP contribution in [0.25, 0.3) is 11.1 Å². The summed E-state index contributed by atoms with van der Waals surface area (Å²) in [6.07, 6.45) is 1.29. The zero-order valence-corrected chi connectivity index (χ0v) is 17.5. The largest absolute Gasteiger partial charge is 0.495 e. The first kappa shape index (κ1) is 20.8. The van der Waals surface area contributed by atoms with Crippen LogP contribution >= 0.6 is 0 Å². The van der Waals surface area contributed by atoms with E-state index in [1.807, 2.05) is 18.2 Å². The molecule has 1 aliphatic carbocycles. The number of rotatable bonds is 5. The number of aryl methyl sites for hydroxylation is 1. The Bertz CT molecular complexity index is 1300. The predicted octanol–water partition coefficient (Wildman–Crippen LogP) is 3.39. The molecule has 1 aliphatic rings. The van der Waals surface area contributed by atoms with Crippen molar-refractivity contribution in [1.82, 2.24) is 0 Å². The van der Waals surface area contributed by atoms with Crippen LogP contribution in [-0.2, 0) is 16.4 Å². The van der Waals surface area contributed by atoms with Gasteiger partial charge in [0.05, 0.1) is 7.11 Å². The highest BCUT2D eigenvalue weighted by Crippen LogP contribution is 2.32. The molecule has 0 fully saturated rings. The summed E-state index contributed by atoms with van der Waals surface area (Å²) in [4.78, 5) is 24.7. The van der Waals surface area contributed by atoms with Gasteiger partial charge in [0.2, 0.25) is 10.0 Å². The third-order valence-corrected chi connectivity index (χ3v) is 6.19. The molecule has 8 heteroatoms. The van der Waals surface area contributed by atoms with Crippen LogP contribution < -0.4 is 15.2 Å². The number of methoxy groups -OCH3 is 1. The molecule has 0 bridgehead atoms. The van der Waals surface area contributed by atoms with Gasteiger partial charge < -0.3 is 10.1 Å². The van der Waals surface area contributed by atoms with E-state index in [4.69, 9.17) is 9.88 Å². The Morgan fingerprint density at radius 2 is 1.77 bits per heavy atom. The fourth-order valence-corrected chi connectivity index (χ4v) is 4.42. The van der Waals surface area contributed by atoms with Gasteiger partial charge in [-0.2, -0.15) is 0 Å². The highest BCUT2D eigenvalue weighted by Gasteiger charge is 2.23. The second kappa shape index (κ2) is 7.98. The van der Waals surface area contributed by atoms with Crippen molar-refractivity contribution in [3.05, 3.63) is 77.4 Å². The van der Waals surface area contributed by atoms with Crippen LogP contribution in [0.3, 0.4) is 0 Å². The highest BCUT2D eigenvalue weighted by molar-refractivity contribution is 7.89. The molecule has 0 radical (unpaired) electrons. The van der Waals surface area contributed by atoms with Gasteiger partial charge in [0, 0.05) is 29.3 Å². The molecule has 3 aromatic rings. The standard InChI is InChI=1S/C23H20N2O5S/c1-30-20-13-17(10-12-21(20)31(24,28)29)25-23(27)16-7-5-14(6-8-16)18-4-2-3-15-9-11-19(26)22(15)18/h2-8,10,12-13H,9,11H2,1H3,(H,25,27)(H2,24,28,29). The van der Waals surface area contributed by atoms with Gasteiger partial charge >= 0.3 is 0 Å². The van der Waals surface area contributed by atoms with Gasteiger partial charge in [-0.05, 0) is 47.4 Å². The maximum Gasteiger partial charge on any atom is 0.255 e. The highest BCUT2D eigenvalue weighted by atomic mass is 32.2.